The fourth-order valence-corrected chi connectivity index (χ4v) is 4.16. The summed E-state index contributed by atoms with van der Waals surface area (Å²) >= 11 is 0. The van der Waals surface area contributed by atoms with Crippen molar-refractivity contribution >= 4 is 11.7 Å². The lowest BCUT2D eigenvalue weighted by Gasteiger charge is -2.32. The zero-order valence-electron chi connectivity index (χ0n) is 24.5. The van der Waals surface area contributed by atoms with Crippen LogP contribution in [0.5, 0.6) is 17.2 Å². The van der Waals surface area contributed by atoms with E-state index in [0.717, 1.165) is 44.3 Å². The van der Waals surface area contributed by atoms with Crippen LogP contribution in [-0.4, -0.2) is 68.0 Å². The average Bonchev–Trinajstić information content (AvgIpc) is 2.90. The number of quaternary nitrogens is 1. The van der Waals surface area contributed by atoms with E-state index in [9.17, 15) is 9.59 Å². The molecule has 0 aliphatic rings. The highest BCUT2D eigenvalue weighted by Crippen LogP contribution is 2.35. The number of ether oxygens (including phenoxy) is 2. The van der Waals surface area contributed by atoms with Gasteiger partial charge in [-0.05, 0) is 49.6 Å². The molecular formula is C32H47BrN2O4. The van der Waals surface area contributed by atoms with E-state index in [1.54, 1.807) is 24.3 Å². The predicted octanol–water partition coefficient (Wildman–Crippen LogP) is 3.69. The Labute approximate surface area is 246 Å². The van der Waals surface area contributed by atoms with E-state index < -0.39 is 0 Å². The van der Waals surface area contributed by atoms with Crippen molar-refractivity contribution in [3.8, 4) is 17.2 Å². The van der Waals surface area contributed by atoms with E-state index in [0.29, 0.717) is 59.8 Å². The minimum absolute atomic E-state index is 0. The van der Waals surface area contributed by atoms with Gasteiger partial charge in [-0.1, -0.05) is 51.8 Å². The minimum atomic E-state index is 0. The summed E-state index contributed by atoms with van der Waals surface area (Å²) in [6.07, 6.45) is 7.19. The first-order valence-corrected chi connectivity index (χ1v) is 14.0. The third-order valence-electron chi connectivity index (χ3n) is 6.57. The van der Waals surface area contributed by atoms with Crippen LogP contribution in [-0.2, 0) is 11.2 Å². The summed E-state index contributed by atoms with van der Waals surface area (Å²) in [5, 5.41) is 0. The maximum absolute atomic E-state index is 13.1. The molecule has 0 radical (unpaired) electrons. The van der Waals surface area contributed by atoms with Gasteiger partial charge in [-0.15, -0.1) is 6.58 Å². The number of carbonyl (C=O) groups excluding carboxylic acids is 2. The summed E-state index contributed by atoms with van der Waals surface area (Å²) in [5.41, 5.74) is 1.66. The molecule has 0 aliphatic heterocycles. The molecule has 7 heteroatoms. The van der Waals surface area contributed by atoms with Gasteiger partial charge in [0.25, 0.3) is 5.91 Å². The zero-order chi connectivity index (χ0) is 28.0. The van der Waals surface area contributed by atoms with Crippen LogP contribution in [0.3, 0.4) is 0 Å². The van der Waals surface area contributed by atoms with Crippen molar-refractivity contribution in [1.82, 2.24) is 4.90 Å². The van der Waals surface area contributed by atoms with Gasteiger partial charge in [-0.3, -0.25) is 9.59 Å². The lowest BCUT2D eigenvalue weighted by atomic mass is 10.1. The normalized spacial score (nSPS) is 10.9. The van der Waals surface area contributed by atoms with E-state index >= 15 is 0 Å². The molecule has 216 valence electrons. The Morgan fingerprint density at radius 3 is 2.18 bits per heavy atom. The second kappa shape index (κ2) is 17.9. The molecule has 0 saturated carbocycles. The maximum atomic E-state index is 13.1. The Bertz CT molecular complexity index is 1030. The van der Waals surface area contributed by atoms with Crippen molar-refractivity contribution in [2.75, 3.05) is 46.9 Å². The van der Waals surface area contributed by atoms with E-state index in [2.05, 4.69) is 34.5 Å². The Morgan fingerprint density at radius 2 is 1.62 bits per heavy atom. The quantitative estimate of drug-likeness (QED) is 0.148. The SMILES string of the molecule is C=CCc1cccc(Oc2ccc(C(=O)CC)cc2)c1OCC[N+](C)(C)CC(=O)N(CCCC)CCCC.[Br-]. The number of unbranched alkanes of at least 4 members (excludes halogenated alkanes) is 2. The smallest absolute Gasteiger partial charge is 0.277 e. The Morgan fingerprint density at radius 1 is 0.974 bits per heavy atom. The van der Waals surface area contributed by atoms with Gasteiger partial charge in [-0.2, -0.15) is 0 Å². The Kier molecular flexibility index (Phi) is 15.7. The Hall–Kier alpha value is -2.64. The van der Waals surface area contributed by atoms with Crippen LogP contribution in [0, 0.1) is 0 Å². The first kappa shape index (κ1) is 34.4. The summed E-state index contributed by atoms with van der Waals surface area (Å²) in [6.45, 7) is 13.3. The largest absolute Gasteiger partial charge is 1.00 e. The Balaban J connectivity index is 0.00000760. The monoisotopic (exact) mass is 602 g/mol. The van der Waals surface area contributed by atoms with Gasteiger partial charge in [0.15, 0.2) is 23.8 Å². The summed E-state index contributed by atoms with van der Waals surface area (Å²) in [7, 11) is 4.15. The molecule has 0 spiro atoms. The fourth-order valence-electron chi connectivity index (χ4n) is 4.16. The number of carbonyl (C=O) groups is 2. The van der Waals surface area contributed by atoms with Gasteiger partial charge in [0.05, 0.1) is 14.1 Å². The molecule has 6 nitrogen and oxygen atoms in total. The highest BCUT2D eigenvalue weighted by molar-refractivity contribution is 5.95. The number of Topliss-reactive ketones (excluding diaryl/α,β-unsaturated/α-hetero) is 1. The van der Waals surface area contributed by atoms with Gasteiger partial charge in [0, 0.05) is 30.6 Å². The standard InChI is InChI=1S/C32H47N2O4.BrH/c1-7-11-21-33(22-12-8-2)31(36)25-34(5,6)23-24-37-32-27(14-9-3)15-13-16-30(32)38-28-19-17-26(18-20-28)29(35)10-4;/h9,13,15-20H,3,7-8,10-12,14,21-25H2,1-2,4-6H3;1H/q+1;/p-1. The number of halogens is 1. The molecule has 0 atom stereocenters. The van der Waals surface area contributed by atoms with Gasteiger partial charge in [0.2, 0.25) is 0 Å². The molecule has 0 N–H and O–H groups in total. The molecule has 0 heterocycles. The third kappa shape index (κ3) is 11.6. The summed E-state index contributed by atoms with van der Waals surface area (Å²) in [6, 6.07) is 13.0. The summed E-state index contributed by atoms with van der Waals surface area (Å²) in [5.74, 6) is 2.24. The molecule has 0 saturated heterocycles. The third-order valence-corrected chi connectivity index (χ3v) is 6.57. The van der Waals surface area contributed by atoms with Crippen LogP contribution in [0.15, 0.2) is 55.1 Å². The number of benzene rings is 2. The van der Waals surface area contributed by atoms with Crippen molar-refractivity contribution in [1.29, 1.82) is 0 Å². The molecule has 0 aliphatic carbocycles. The summed E-state index contributed by atoms with van der Waals surface area (Å²) < 4.78 is 13.0. The molecule has 0 fully saturated rings. The van der Waals surface area contributed by atoms with Crippen LogP contribution < -0.4 is 26.5 Å². The second-order valence-electron chi connectivity index (χ2n) is 10.4. The number of rotatable bonds is 18. The van der Waals surface area contributed by atoms with Crippen LogP contribution in [0.4, 0.5) is 0 Å². The second-order valence-corrected chi connectivity index (χ2v) is 10.4. The highest BCUT2D eigenvalue weighted by Gasteiger charge is 2.24. The number of nitrogens with zero attached hydrogens (tertiary/aromatic N) is 2. The first-order chi connectivity index (χ1) is 18.2. The lowest BCUT2D eigenvalue weighted by molar-refractivity contribution is -0.882. The molecule has 0 unspecified atom stereocenters. The molecule has 2 aromatic rings. The van der Waals surface area contributed by atoms with Crippen molar-refractivity contribution in [2.24, 2.45) is 0 Å². The minimum Gasteiger partial charge on any atom is -1.00 e. The topological polar surface area (TPSA) is 55.8 Å². The predicted molar refractivity (Wildman–Crippen MR) is 155 cm³/mol. The van der Waals surface area contributed by atoms with Crippen LogP contribution >= 0.6 is 0 Å². The molecule has 39 heavy (non-hydrogen) atoms. The number of ketones is 1. The average molecular weight is 604 g/mol. The van der Waals surface area contributed by atoms with Crippen molar-refractivity contribution in [2.45, 2.75) is 59.3 Å². The fraction of sp³-hybridized carbons (Fsp3) is 0.500. The van der Waals surface area contributed by atoms with Gasteiger partial charge >= 0.3 is 0 Å². The first-order valence-electron chi connectivity index (χ1n) is 14.0. The van der Waals surface area contributed by atoms with Crippen LogP contribution in [0.2, 0.25) is 0 Å². The van der Waals surface area contributed by atoms with Crippen molar-refractivity contribution in [3.63, 3.8) is 0 Å². The van der Waals surface area contributed by atoms with Gasteiger partial charge in [-0.25, -0.2) is 0 Å². The molecule has 1 amide bonds. The molecule has 2 aromatic carbocycles. The van der Waals surface area contributed by atoms with Crippen molar-refractivity contribution < 1.29 is 40.5 Å². The number of hydrogen-bond acceptors (Lipinski definition) is 4. The maximum Gasteiger partial charge on any atom is 0.277 e. The zero-order valence-corrected chi connectivity index (χ0v) is 26.1. The molecule has 0 bridgehead atoms. The van der Waals surface area contributed by atoms with E-state index in [4.69, 9.17) is 9.47 Å². The molecular weight excluding hydrogens is 556 g/mol. The number of likely N-dealkylation sites (N-methyl/N-ethyl adjacent to an activating group) is 1. The molecule has 2 rings (SSSR count). The number of hydrogen-bond donors (Lipinski definition) is 0. The van der Waals surface area contributed by atoms with Gasteiger partial charge < -0.3 is 35.8 Å². The number of allylic oxidation sites excluding steroid dienone is 1. The summed E-state index contributed by atoms with van der Waals surface area (Å²) in [4.78, 5) is 27.1. The number of para-hydroxylation sites is 1. The van der Waals surface area contributed by atoms with Crippen molar-refractivity contribution in [3.05, 3.63) is 66.2 Å². The van der Waals surface area contributed by atoms with E-state index in [1.165, 1.54) is 0 Å². The van der Waals surface area contributed by atoms with Gasteiger partial charge in [0.1, 0.15) is 18.9 Å². The van der Waals surface area contributed by atoms with E-state index in [1.807, 2.05) is 36.1 Å². The van der Waals surface area contributed by atoms with Crippen LogP contribution in [0.1, 0.15) is 68.8 Å². The highest BCUT2D eigenvalue weighted by atomic mass is 79.9. The van der Waals surface area contributed by atoms with E-state index in [-0.39, 0.29) is 28.7 Å². The number of amides is 1. The lowest BCUT2D eigenvalue weighted by Crippen LogP contribution is -3.00. The van der Waals surface area contributed by atoms with Crippen LogP contribution in [0.25, 0.3) is 0 Å². The molecule has 0 aromatic heterocycles.